The second-order valence-corrected chi connectivity index (χ2v) is 4.18. The standard InChI is InChI=1S/C13H14N4O2S/c1-18-10-5-9(6-11(7-10)19-2)16-13(20)17-12-8-14-3-4-15-12/h3-8H,1-2H3,(H2,15,16,17,20). The molecule has 2 N–H and O–H groups in total. The lowest BCUT2D eigenvalue weighted by atomic mass is 10.3. The Kier molecular flexibility index (Phi) is 4.67. The lowest BCUT2D eigenvalue weighted by Gasteiger charge is -2.12. The van der Waals surface area contributed by atoms with E-state index >= 15 is 0 Å². The monoisotopic (exact) mass is 290 g/mol. The van der Waals surface area contributed by atoms with Crippen LogP contribution in [0, 0.1) is 0 Å². The van der Waals surface area contributed by atoms with Gasteiger partial charge >= 0.3 is 0 Å². The van der Waals surface area contributed by atoms with Crippen LogP contribution >= 0.6 is 12.2 Å². The van der Waals surface area contributed by atoms with Crippen molar-refractivity contribution in [1.29, 1.82) is 0 Å². The lowest BCUT2D eigenvalue weighted by Crippen LogP contribution is -2.19. The molecule has 2 rings (SSSR count). The maximum Gasteiger partial charge on any atom is 0.176 e. The summed E-state index contributed by atoms with van der Waals surface area (Å²) in [6.07, 6.45) is 4.76. The molecule has 7 heteroatoms. The Balaban J connectivity index is 2.07. The van der Waals surface area contributed by atoms with Gasteiger partial charge in [0.05, 0.1) is 20.4 Å². The number of nitrogens with zero attached hydrogens (tertiary/aromatic N) is 2. The maximum atomic E-state index is 5.21. The number of anilines is 2. The highest BCUT2D eigenvalue weighted by atomic mass is 32.1. The van der Waals surface area contributed by atoms with E-state index in [4.69, 9.17) is 21.7 Å². The van der Waals surface area contributed by atoms with Gasteiger partial charge in [0.2, 0.25) is 0 Å². The Morgan fingerprint density at radius 3 is 2.30 bits per heavy atom. The number of aromatic nitrogens is 2. The molecule has 1 aromatic carbocycles. The molecule has 104 valence electrons. The number of methoxy groups -OCH3 is 2. The summed E-state index contributed by atoms with van der Waals surface area (Å²) in [6, 6.07) is 5.41. The zero-order valence-corrected chi connectivity index (χ0v) is 11.9. The summed E-state index contributed by atoms with van der Waals surface area (Å²) in [5.41, 5.74) is 0.752. The normalized spacial score (nSPS) is 9.70. The second-order valence-electron chi connectivity index (χ2n) is 3.77. The molecule has 0 fully saturated rings. The van der Waals surface area contributed by atoms with Crippen molar-refractivity contribution in [2.75, 3.05) is 24.9 Å². The highest BCUT2D eigenvalue weighted by Gasteiger charge is 2.04. The number of ether oxygens (including phenoxy) is 2. The Bertz CT molecular complexity index is 570. The van der Waals surface area contributed by atoms with E-state index in [9.17, 15) is 0 Å². The van der Waals surface area contributed by atoms with Gasteiger partial charge in [0.1, 0.15) is 11.5 Å². The molecule has 1 heterocycles. The number of nitrogens with one attached hydrogen (secondary N) is 2. The molecule has 0 amide bonds. The van der Waals surface area contributed by atoms with Gasteiger partial charge < -0.3 is 20.1 Å². The topological polar surface area (TPSA) is 68.3 Å². The summed E-state index contributed by atoms with van der Waals surface area (Å²) in [5.74, 6) is 1.92. The summed E-state index contributed by atoms with van der Waals surface area (Å²) in [7, 11) is 3.18. The van der Waals surface area contributed by atoms with Gasteiger partial charge in [0, 0.05) is 36.3 Å². The van der Waals surface area contributed by atoms with E-state index in [1.54, 1.807) is 38.9 Å². The van der Waals surface area contributed by atoms with Crippen molar-refractivity contribution >= 4 is 28.8 Å². The van der Waals surface area contributed by atoms with E-state index in [-0.39, 0.29) is 0 Å². The Labute approximate surface area is 122 Å². The van der Waals surface area contributed by atoms with Crippen molar-refractivity contribution < 1.29 is 9.47 Å². The third-order valence-corrected chi connectivity index (χ3v) is 2.62. The van der Waals surface area contributed by atoms with Gasteiger partial charge in [-0.2, -0.15) is 0 Å². The largest absolute Gasteiger partial charge is 0.497 e. The van der Waals surface area contributed by atoms with Gasteiger partial charge in [0.25, 0.3) is 0 Å². The molecule has 2 aromatic rings. The number of hydrogen-bond donors (Lipinski definition) is 2. The Morgan fingerprint density at radius 2 is 1.75 bits per heavy atom. The fourth-order valence-electron chi connectivity index (χ4n) is 1.52. The Morgan fingerprint density at radius 1 is 1.05 bits per heavy atom. The van der Waals surface area contributed by atoms with Crippen LogP contribution in [-0.4, -0.2) is 29.3 Å². The predicted octanol–water partition coefficient (Wildman–Crippen LogP) is 2.30. The van der Waals surface area contributed by atoms with E-state index in [1.807, 2.05) is 12.1 Å². The lowest BCUT2D eigenvalue weighted by molar-refractivity contribution is 0.395. The molecule has 0 bridgehead atoms. The third kappa shape index (κ3) is 3.79. The fourth-order valence-corrected chi connectivity index (χ4v) is 1.74. The zero-order chi connectivity index (χ0) is 14.4. The molecule has 0 unspecified atom stereocenters. The van der Waals surface area contributed by atoms with Gasteiger partial charge in [0.15, 0.2) is 10.9 Å². The van der Waals surface area contributed by atoms with Gasteiger partial charge in [-0.1, -0.05) is 0 Å². The molecule has 0 aliphatic rings. The molecule has 0 spiro atoms. The number of benzene rings is 1. The molecule has 6 nitrogen and oxygen atoms in total. The molecule has 0 atom stereocenters. The molecule has 0 aliphatic heterocycles. The molecule has 20 heavy (non-hydrogen) atoms. The van der Waals surface area contributed by atoms with Gasteiger partial charge in [-0.3, -0.25) is 4.98 Å². The van der Waals surface area contributed by atoms with E-state index in [0.717, 1.165) is 5.69 Å². The minimum absolute atomic E-state index is 0.404. The third-order valence-electron chi connectivity index (χ3n) is 2.41. The van der Waals surface area contributed by atoms with Gasteiger partial charge in [-0.15, -0.1) is 0 Å². The van der Waals surface area contributed by atoms with Crippen LogP contribution < -0.4 is 20.1 Å². The van der Waals surface area contributed by atoms with Crippen LogP contribution in [0.1, 0.15) is 0 Å². The van der Waals surface area contributed by atoms with Crippen LogP contribution in [0.15, 0.2) is 36.8 Å². The van der Waals surface area contributed by atoms with Crippen molar-refractivity contribution in [3.8, 4) is 11.5 Å². The Hall–Kier alpha value is -2.41. The smallest absolute Gasteiger partial charge is 0.176 e. The van der Waals surface area contributed by atoms with Crippen LogP contribution in [0.2, 0.25) is 0 Å². The van der Waals surface area contributed by atoms with E-state index < -0.39 is 0 Å². The molecule has 0 saturated carbocycles. The first-order valence-electron chi connectivity index (χ1n) is 5.78. The van der Waals surface area contributed by atoms with Crippen LogP contribution in [0.4, 0.5) is 11.5 Å². The first-order chi connectivity index (χ1) is 9.71. The summed E-state index contributed by atoms with van der Waals surface area (Å²) < 4.78 is 10.4. The zero-order valence-electron chi connectivity index (χ0n) is 11.1. The molecule has 1 aromatic heterocycles. The van der Waals surface area contributed by atoms with Crippen LogP contribution in [0.5, 0.6) is 11.5 Å². The van der Waals surface area contributed by atoms with Crippen LogP contribution in [-0.2, 0) is 0 Å². The minimum atomic E-state index is 0.404. The highest BCUT2D eigenvalue weighted by Crippen LogP contribution is 2.25. The average Bonchev–Trinajstić information content (AvgIpc) is 2.47. The van der Waals surface area contributed by atoms with Gasteiger partial charge in [-0.25, -0.2) is 4.98 Å². The van der Waals surface area contributed by atoms with E-state index in [2.05, 4.69) is 20.6 Å². The van der Waals surface area contributed by atoms with E-state index in [0.29, 0.717) is 22.4 Å². The molecular formula is C13H14N4O2S. The first kappa shape index (κ1) is 14.0. The van der Waals surface area contributed by atoms with Crippen molar-refractivity contribution in [3.63, 3.8) is 0 Å². The fraction of sp³-hybridized carbons (Fsp3) is 0.154. The summed E-state index contributed by atoms with van der Waals surface area (Å²) in [5, 5.41) is 6.37. The molecule has 0 aliphatic carbocycles. The minimum Gasteiger partial charge on any atom is -0.497 e. The molecular weight excluding hydrogens is 276 g/mol. The van der Waals surface area contributed by atoms with Gasteiger partial charge in [-0.05, 0) is 12.2 Å². The van der Waals surface area contributed by atoms with Crippen molar-refractivity contribution in [3.05, 3.63) is 36.8 Å². The number of thiocarbonyl (C=S) groups is 1. The maximum absolute atomic E-state index is 5.21. The predicted molar refractivity (Wildman–Crippen MR) is 81.4 cm³/mol. The second kappa shape index (κ2) is 6.67. The molecule has 0 radical (unpaired) electrons. The van der Waals surface area contributed by atoms with Crippen LogP contribution in [0.3, 0.4) is 0 Å². The van der Waals surface area contributed by atoms with Crippen LogP contribution in [0.25, 0.3) is 0 Å². The number of hydrogen-bond acceptors (Lipinski definition) is 5. The van der Waals surface area contributed by atoms with E-state index in [1.165, 1.54) is 0 Å². The number of rotatable bonds is 4. The van der Waals surface area contributed by atoms with Crippen molar-refractivity contribution in [2.45, 2.75) is 0 Å². The SMILES string of the molecule is COc1cc(NC(=S)Nc2cnccn2)cc(OC)c1. The summed E-state index contributed by atoms with van der Waals surface area (Å²) in [4.78, 5) is 8.02. The summed E-state index contributed by atoms with van der Waals surface area (Å²) >= 11 is 5.21. The molecule has 0 saturated heterocycles. The first-order valence-corrected chi connectivity index (χ1v) is 6.19. The summed E-state index contributed by atoms with van der Waals surface area (Å²) in [6.45, 7) is 0. The quantitative estimate of drug-likeness (QED) is 0.837. The van der Waals surface area contributed by atoms with Crippen molar-refractivity contribution in [1.82, 2.24) is 9.97 Å². The average molecular weight is 290 g/mol. The van der Waals surface area contributed by atoms with Crippen molar-refractivity contribution in [2.24, 2.45) is 0 Å². The highest BCUT2D eigenvalue weighted by molar-refractivity contribution is 7.80.